The molecule has 1 aromatic heterocycles. The van der Waals surface area contributed by atoms with Gasteiger partial charge in [-0.25, -0.2) is 19.2 Å². The zero-order chi connectivity index (χ0) is 23.1. The van der Waals surface area contributed by atoms with Gasteiger partial charge in [0.05, 0.1) is 12.0 Å². The highest BCUT2D eigenvalue weighted by molar-refractivity contribution is 5.80. The number of hydrazine groups is 1. The van der Waals surface area contributed by atoms with Crippen LogP contribution >= 0.6 is 0 Å². The van der Waals surface area contributed by atoms with E-state index in [9.17, 15) is 14.0 Å². The Balaban J connectivity index is 1.69. The molecular weight excluding hydrogens is 426 g/mol. The van der Waals surface area contributed by atoms with Crippen LogP contribution in [0.3, 0.4) is 0 Å². The van der Waals surface area contributed by atoms with Crippen molar-refractivity contribution in [2.75, 3.05) is 37.1 Å². The standard InChI is InChI=1S/C20H30F2N6O4/c1-32-14-6-7-28(11-14)18-16(22)17(24-15(9-21)25-18)26-27-19(29)13(10-23-20(30)31)8-12-4-2-3-5-12/h12-14,23H,2-11H2,1H3,(H,27,29)(H,30,31)(H,24,25,26)/t13-,14+/m1/s1. The molecule has 2 heterocycles. The Hall–Kier alpha value is -2.76. The first-order valence-corrected chi connectivity index (χ1v) is 10.8. The summed E-state index contributed by atoms with van der Waals surface area (Å²) in [5.41, 5.74) is 4.85. The van der Waals surface area contributed by atoms with Crippen molar-refractivity contribution in [2.24, 2.45) is 11.8 Å². The van der Waals surface area contributed by atoms with Crippen molar-refractivity contribution in [1.29, 1.82) is 0 Å². The number of carbonyl (C=O) groups is 2. The van der Waals surface area contributed by atoms with Gasteiger partial charge in [-0.15, -0.1) is 0 Å². The van der Waals surface area contributed by atoms with Gasteiger partial charge in [0.1, 0.15) is 6.67 Å². The second-order valence-corrected chi connectivity index (χ2v) is 8.24. The highest BCUT2D eigenvalue weighted by Gasteiger charge is 2.29. The monoisotopic (exact) mass is 456 g/mol. The maximum absolute atomic E-state index is 15.1. The number of hydrogen-bond acceptors (Lipinski definition) is 7. The van der Waals surface area contributed by atoms with Crippen LogP contribution in [0.2, 0.25) is 0 Å². The predicted octanol–water partition coefficient (Wildman–Crippen LogP) is 2.22. The number of amides is 2. The fraction of sp³-hybridized carbons (Fsp3) is 0.700. The van der Waals surface area contributed by atoms with Crippen molar-refractivity contribution < 1.29 is 28.2 Å². The molecule has 0 radical (unpaired) electrons. The van der Waals surface area contributed by atoms with Crippen LogP contribution in [-0.4, -0.2) is 59.9 Å². The summed E-state index contributed by atoms with van der Waals surface area (Å²) in [6.45, 7) is -0.149. The van der Waals surface area contributed by atoms with E-state index in [0.717, 1.165) is 25.7 Å². The lowest BCUT2D eigenvalue weighted by molar-refractivity contribution is -0.124. The van der Waals surface area contributed by atoms with Gasteiger partial charge in [-0.05, 0) is 18.8 Å². The van der Waals surface area contributed by atoms with Gasteiger partial charge in [-0.1, -0.05) is 25.7 Å². The van der Waals surface area contributed by atoms with Gasteiger partial charge in [0.15, 0.2) is 17.5 Å². The Morgan fingerprint density at radius 1 is 1.28 bits per heavy atom. The smallest absolute Gasteiger partial charge is 0.404 e. The van der Waals surface area contributed by atoms with Gasteiger partial charge in [0.25, 0.3) is 0 Å². The molecule has 0 unspecified atom stereocenters. The van der Waals surface area contributed by atoms with Gasteiger partial charge in [0, 0.05) is 26.7 Å². The fourth-order valence-corrected chi connectivity index (χ4v) is 4.31. The van der Waals surface area contributed by atoms with Crippen LogP contribution in [0.5, 0.6) is 0 Å². The molecule has 178 valence electrons. The molecule has 1 saturated heterocycles. The van der Waals surface area contributed by atoms with Crippen LogP contribution in [0.4, 0.5) is 25.2 Å². The second-order valence-electron chi connectivity index (χ2n) is 8.24. The number of methoxy groups -OCH3 is 1. The number of alkyl halides is 1. The van der Waals surface area contributed by atoms with Crippen molar-refractivity contribution >= 4 is 23.6 Å². The maximum Gasteiger partial charge on any atom is 0.404 e. The molecule has 32 heavy (non-hydrogen) atoms. The molecule has 3 rings (SSSR count). The first-order chi connectivity index (χ1) is 15.4. The van der Waals surface area contributed by atoms with Crippen molar-refractivity contribution in [3.8, 4) is 0 Å². The molecule has 2 amide bonds. The third-order valence-corrected chi connectivity index (χ3v) is 6.04. The Kier molecular flexibility index (Phi) is 8.37. The van der Waals surface area contributed by atoms with Crippen LogP contribution in [0, 0.1) is 17.7 Å². The van der Waals surface area contributed by atoms with E-state index in [0.29, 0.717) is 31.8 Å². The lowest BCUT2D eigenvalue weighted by atomic mass is 9.92. The fourth-order valence-electron chi connectivity index (χ4n) is 4.31. The summed E-state index contributed by atoms with van der Waals surface area (Å²) in [4.78, 5) is 33.1. The number of hydrogen-bond donors (Lipinski definition) is 4. The average molecular weight is 456 g/mol. The highest BCUT2D eigenvalue weighted by Crippen LogP contribution is 2.30. The maximum atomic E-state index is 15.1. The number of ether oxygens (including phenoxy) is 1. The SMILES string of the molecule is CO[C@H]1CCN(c2nc(CF)nc(NNC(=O)[C@@H](CNC(=O)O)CC3CCCC3)c2F)C1. The summed E-state index contributed by atoms with van der Waals surface area (Å²) in [6, 6.07) is 0. The molecule has 4 N–H and O–H groups in total. The van der Waals surface area contributed by atoms with Crippen molar-refractivity contribution in [3.05, 3.63) is 11.6 Å². The van der Waals surface area contributed by atoms with Crippen LogP contribution in [0.25, 0.3) is 0 Å². The van der Waals surface area contributed by atoms with Crippen molar-refractivity contribution in [2.45, 2.75) is 51.3 Å². The van der Waals surface area contributed by atoms with Crippen molar-refractivity contribution in [1.82, 2.24) is 20.7 Å². The number of halogens is 2. The molecule has 2 atom stereocenters. The van der Waals surface area contributed by atoms with Gasteiger partial charge in [-0.3, -0.25) is 15.6 Å². The normalized spacial score (nSPS) is 19.7. The van der Waals surface area contributed by atoms with Gasteiger partial charge in [0.2, 0.25) is 11.7 Å². The lowest BCUT2D eigenvalue weighted by Gasteiger charge is -2.22. The van der Waals surface area contributed by atoms with Crippen LogP contribution in [-0.2, 0) is 16.2 Å². The first-order valence-electron chi connectivity index (χ1n) is 10.8. The van der Waals surface area contributed by atoms with Crippen molar-refractivity contribution in [3.63, 3.8) is 0 Å². The molecule has 0 spiro atoms. The van der Waals surface area contributed by atoms with Gasteiger partial charge in [-0.2, -0.15) is 4.39 Å². The number of nitrogens with one attached hydrogen (secondary N) is 3. The Morgan fingerprint density at radius 3 is 2.66 bits per heavy atom. The minimum absolute atomic E-state index is 0.0565. The molecular formula is C20H30F2N6O4. The molecule has 2 aliphatic rings. The van der Waals surface area contributed by atoms with E-state index >= 15 is 4.39 Å². The van der Waals surface area contributed by atoms with Gasteiger partial charge >= 0.3 is 6.09 Å². The number of carbonyl (C=O) groups excluding carboxylic acids is 1. The first kappa shape index (κ1) is 23.9. The van der Waals surface area contributed by atoms with Crippen LogP contribution in [0.15, 0.2) is 0 Å². The third-order valence-electron chi connectivity index (χ3n) is 6.04. The molecule has 12 heteroatoms. The number of aromatic nitrogens is 2. The van der Waals surface area contributed by atoms with Crippen LogP contribution in [0.1, 0.15) is 44.3 Å². The zero-order valence-electron chi connectivity index (χ0n) is 18.1. The zero-order valence-corrected chi connectivity index (χ0v) is 18.1. The van der Waals surface area contributed by atoms with E-state index in [1.807, 2.05) is 0 Å². The molecule has 0 bridgehead atoms. The van der Waals surface area contributed by atoms with E-state index < -0.39 is 30.4 Å². The minimum Gasteiger partial charge on any atom is -0.465 e. The summed E-state index contributed by atoms with van der Waals surface area (Å²) in [6.07, 6.45) is 4.07. The minimum atomic E-state index is -1.22. The third kappa shape index (κ3) is 6.15. The Morgan fingerprint density at radius 2 is 2.03 bits per heavy atom. The quantitative estimate of drug-likeness (QED) is 0.395. The molecule has 1 aliphatic heterocycles. The lowest BCUT2D eigenvalue weighted by Crippen LogP contribution is -2.42. The average Bonchev–Trinajstić information content (AvgIpc) is 3.47. The molecule has 10 nitrogen and oxygen atoms in total. The molecule has 1 aromatic rings. The number of anilines is 2. The predicted molar refractivity (Wildman–Crippen MR) is 112 cm³/mol. The summed E-state index contributed by atoms with van der Waals surface area (Å²) >= 11 is 0. The van der Waals surface area contributed by atoms with Crippen LogP contribution < -0.4 is 21.1 Å². The summed E-state index contributed by atoms with van der Waals surface area (Å²) in [5.74, 6) is -2.21. The van der Waals surface area contributed by atoms with E-state index in [2.05, 4.69) is 26.1 Å². The summed E-state index contributed by atoms with van der Waals surface area (Å²) in [7, 11) is 1.57. The summed E-state index contributed by atoms with van der Waals surface area (Å²) < 4.78 is 33.7. The topological polar surface area (TPSA) is 129 Å². The second kappa shape index (κ2) is 11.2. The Labute approximate surface area is 185 Å². The van der Waals surface area contributed by atoms with E-state index in [-0.39, 0.29) is 30.1 Å². The summed E-state index contributed by atoms with van der Waals surface area (Å²) in [5, 5.41) is 11.1. The molecule has 2 fully saturated rings. The Bertz CT molecular complexity index is 809. The van der Waals surface area contributed by atoms with E-state index in [1.165, 1.54) is 0 Å². The molecule has 1 aliphatic carbocycles. The largest absolute Gasteiger partial charge is 0.465 e. The molecule has 1 saturated carbocycles. The van der Waals surface area contributed by atoms with E-state index in [4.69, 9.17) is 9.84 Å². The molecule has 0 aromatic carbocycles. The number of rotatable bonds is 10. The highest BCUT2D eigenvalue weighted by atomic mass is 19.1. The van der Waals surface area contributed by atoms with E-state index in [1.54, 1.807) is 12.0 Å². The number of nitrogens with zero attached hydrogens (tertiary/aromatic N) is 3. The number of carboxylic acid groups (broad SMARTS) is 1. The van der Waals surface area contributed by atoms with Gasteiger partial charge < -0.3 is 20.1 Å².